The minimum Gasteiger partial charge on any atom is -0.139 e. The molecule has 0 aliphatic rings. The number of rotatable bonds is 12. The summed E-state index contributed by atoms with van der Waals surface area (Å²) in [4.78, 5) is 9.07. The van der Waals surface area contributed by atoms with Crippen molar-refractivity contribution in [1.29, 1.82) is 0 Å². The molecule has 31 heavy (non-hydrogen) atoms. The van der Waals surface area contributed by atoms with E-state index in [1.807, 2.05) is 22.7 Å². The minimum absolute atomic E-state index is 1.24. The fraction of sp³-hybridized carbons (Fsp3) is 0.571. The molecule has 0 aliphatic carbocycles. The van der Waals surface area contributed by atoms with Crippen molar-refractivity contribution in [2.75, 3.05) is 0 Å². The fourth-order valence-corrected chi connectivity index (χ4v) is 7.98. The van der Waals surface area contributed by atoms with Crippen LogP contribution < -0.4 is 0 Å². The van der Waals surface area contributed by atoms with Gasteiger partial charge in [0.2, 0.25) is 0 Å². The monoisotopic (exact) mass is 472 g/mol. The summed E-state index contributed by atoms with van der Waals surface area (Å²) in [5, 5.41) is 0. The van der Waals surface area contributed by atoms with Crippen LogP contribution in [0.4, 0.5) is 0 Å². The van der Waals surface area contributed by atoms with Crippen LogP contribution in [0.25, 0.3) is 19.5 Å². The normalized spacial score (nSPS) is 11.5. The van der Waals surface area contributed by atoms with Crippen LogP contribution in [0.1, 0.15) is 97.2 Å². The third-order valence-corrected chi connectivity index (χ3v) is 10.4. The number of thiophene rings is 3. The SMILES string of the molecule is CCCCCCc1c(-c2cc(C)c(C)s2)sc(-c2cc(C)c(C)s2)c1CCCCCC. The van der Waals surface area contributed by atoms with Gasteiger partial charge in [0.15, 0.2) is 0 Å². The van der Waals surface area contributed by atoms with Crippen molar-refractivity contribution < 1.29 is 0 Å². The van der Waals surface area contributed by atoms with Crippen LogP contribution in [0.3, 0.4) is 0 Å². The van der Waals surface area contributed by atoms with Gasteiger partial charge in [-0.25, -0.2) is 0 Å². The molecule has 3 heteroatoms. The van der Waals surface area contributed by atoms with Crippen molar-refractivity contribution in [1.82, 2.24) is 0 Å². The summed E-state index contributed by atoms with van der Waals surface area (Å²) < 4.78 is 0. The Morgan fingerprint density at radius 1 is 0.548 bits per heavy atom. The Kier molecular flexibility index (Phi) is 9.43. The number of unbranched alkanes of at least 4 members (excludes halogenated alkanes) is 6. The summed E-state index contributed by atoms with van der Waals surface area (Å²) in [7, 11) is 0. The predicted octanol–water partition coefficient (Wildman–Crippen LogP) is 10.7. The van der Waals surface area contributed by atoms with Crippen LogP contribution in [-0.2, 0) is 12.8 Å². The highest BCUT2D eigenvalue weighted by Crippen LogP contribution is 2.48. The average Bonchev–Trinajstić information content (AvgIpc) is 3.38. The third kappa shape index (κ3) is 6.12. The predicted molar refractivity (Wildman–Crippen MR) is 146 cm³/mol. The minimum atomic E-state index is 1.24. The number of aryl methyl sites for hydroxylation is 4. The second kappa shape index (κ2) is 11.8. The van der Waals surface area contributed by atoms with E-state index in [0.717, 1.165) is 0 Å². The number of hydrogen-bond donors (Lipinski definition) is 0. The topological polar surface area (TPSA) is 0 Å². The summed E-state index contributed by atoms with van der Waals surface area (Å²) in [5.41, 5.74) is 6.24. The highest BCUT2D eigenvalue weighted by molar-refractivity contribution is 7.26. The Bertz CT molecular complexity index is 851. The lowest BCUT2D eigenvalue weighted by Gasteiger charge is -2.09. The lowest BCUT2D eigenvalue weighted by atomic mass is 9.96. The molecule has 0 unspecified atom stereocenters. The fourth-order valence-electron chi connectivity index (χ4n) is 4.25. The van der Waals surface area contributed by atoms with Gasteiger partial charge in [-0.2, -0.15) is 0 Å². The molecule has 0 saturated heterocycles. The van der Waals surface area contributed by atoms with E-state index in [0.29, 0.717) is 0 Å². The summed E-state index contributed by atoms with van der Waals surface area (Å²) in [6.45, 7) is 13.7. The van der Waals surface area contributed by atoms with Gasteiger partial charge in [0.25, 0.3) is 0 Å². The van der Waals surface area contributed by atoms with Crippen molar-refractivity contribution in [2.45, 2.75) is 106 Å². The van der Waals surface area contributed by atoms with Crippen LogP contribution in [0.5, 0.6) is 0 Å². The Morgan fingerprint density at radius 3 is 1.29 bits per heavy atom. The van der Waals surface area contributed by atoms with Gasteiger partial charge in [0.1, 0.15) is 0 Å². The second-order valence-electron chi connectivity index (χ2n) is 9.04. The van der Waals surface area contributed by atoms with Crippen molar-refractivity contribution in [3.8, 4) is 19.5 Å². The molecule has 0 aromatic carbocycles. The molecule has 0 spiro atoms. The van der Waals surface area contributed by atoms with Crippen molar-refractivity contribution in [3.05, 3.63) is 44.1 Å². The lowest BCUT2D eigenvalue weighted by molar-refractivity contribution is 0.653. The molecule has 3 heterocycles. The molecule has 3 aromatic rings. The molecule has 3 rings (SSSR count). The van der Waals surface area contributed by atoms with E-state index < -0.39 is 0 Å². The first-order valence-electron chi connectivity index (χ1n) is 12.3. The molecule has 0 fully saturated rings. The zero-order valence-electron chi connectivity index (χ0n) is 20.5. The highest BCUT2D eigenvalue weighted by atomic mass is 32.1. The Morgan fingerprint density at radius 2 is 0.968 bits per heavy atom. The van der Waals surface area contributed by atoms with Gasteiger partial charge >= 0.3 is 0 Å². The van der Waals surface area contributed by atoms with E-state index in [-0.39, 0.29) is 0 Å². The Hall–Kier alpha value is -0.900. The van der Waals surface area contributed by atoms with Crippen LogP contribution in [0.2, 0.25) is 0 Å². The summed E-state index contributed by atoms with van der Waals surface area (Å²) in [5.74, 6) is 0. The van der Waals surface area contributed by atoms with E-state index in [2.05, 4.69) is 65.0 Å². The van der Waals surface area contributed by atoms with E-state index in [9.17, 15) is 0 Å². The third-order valence-electron chi connectivity index (χ3n) is 6.46. The zero-order chi connectivity index (χ0) is 22.4. The molecule has 3 aromatic heterocycles. The molecule has 0 bridgehead atoms. The van der Waals surface area contributed by atoms with Crippen molar-refractivity contribution >= 4 is 34.0 Å². The first-order valence-corrected chi connectivity index (χ1v) is 14.7. The number of hydrogen-bond acceptors (Lipinski definition) is 3. The van der Waals surface area contributed by atoms with Crippen LogP contribution >= 0.6 is 34.0 Å². The second-order valence-corrected chi connectivity index (χ2v) is 12.6. The smallest absolute Gasteiger partial charge is 0.0484 e. The van der Waals surface area contributed by atoms with E-state index in [4.69, 9.17) is 0 Å². The van der Waals surface area contributed by atoms with Crippen molar-refractivity contribution in [2.24, 2.45) is 0 Å². The molecule has 0 amide bonds. The summed E-state index contributed by atoms with van der Waals surface area (Å²) >= 11 is 6.08. The Balaban J connectivity index is 2.06. The van der Waals surface area contributed by atoms with E-state index in [1.165, 1.54) is 94.8 Å². The molecule has 0 aliphatic heterocycles. The van der Waals surface area contributed by atoms with Gasteiger partial charge in [-0.05, 0) is 87.8 Å². The van der Waals surface area contributed by atoms with Crippen LogP contribution in [0, 0.1) is 27.7 Å². The lowest BCUT2D eigenvalue weighted by Crippen LogP contribution is -1.95. The molecule has 0 N–H and O–H groups in total. The van der Waals surface area contributed by atoms with Gasteiger partial charge < -0.3 is 0 Å². The molecule has 0 nitrogen and oxygen atoms in total. The molecular formula is C28H40S3. The van der Waals surface area contributed by atoms with E-state index >= 15 is 0 Å². The van der Waals surface area contributed by atoms with Gasteiger partial charge in [0, 0.05) is 29.3 Å². The molecular weight excluding hydrogens is 433 g/mol. The standard InChI is InChI=1S/C28H40S3/c1-7-9-11-13-15-23-24(16-14-12-10-8-2)28(26-18-20(4)22(6)30-26)31-27(23)25-17-19(3)21(5)29-25/h17-18H,7-16H2,1-6H3. The first-order chi connectivity index (χ1) is 15.0. The average molecular weight is 473 g/mol. The molecule has 0 saturated carbocycles. The summed E-state index contributed by atoms with van der Waals surface area (Å²) in [6.07, 6.45) is 13.2. The van der Waals surface area contributed by atoms with Gasteiger partial charge in [-0.15, -0.1) is 34.0 Å². The Labute approximate surface area is 202 Å². The van der Waals surface area contributed by atoms with Crippen molar-refractivity contribution in [3.63, 3.8) is 0 Å². The zero-order valence-corrected chi connectivity index (χ0v) is 22.9. The maximum Gasteiger partial charge on any atom is 0.0484 e. The maximum atomic E-state index is 2.44. The van der Waals surface area contributed by atoms with Gasteiger partial charge in [-0.1, -0.05) is 52.4 Å². The summed E-state index contributed by atoms with van der Waals surface area (Å²) in [6, 6.07) is 4.88. The quantitative estimate of drug-likeness (QED) is 0.230. The maximum absolute atomic E-state index is 2.44. The van der Waals surface area contributed by atoms with Crippen LogP contribution in [0.15, 0.2) is 12.1 Å². The molecule has 170 valence electrons. The molecule has 0 atom stereocenters. The van der Waals surface area contributed by atoms with E-state index in [1.54, 1.807) is 20.9 Å². The molecule has 0 radical (unpaired) electrons. The van der Waals surface area contributed by atoms with Gasteiger partial charge in [-0.3, -0.25) is 0 Å². The first kappa shape index (κ1) is 24.7. The van der Waals surface area contributed by atoms with Crippen LogP contribution in [-0.4, -0.2) is 0 Å². The van der Waals surface area contributed by atoms with Gasteiger partial charge in [0.05, 0.1) is 0 Å². The largest absolute Gasteiger partial charge is 0.139 e. The highest BCUT2D eigenvalue weighted by Gasteiger charge is 2.22.